The van der Waals surface area contributed by atoms with Gasteiger partial charge >= 0.3 is 0 Å². The fourth-order valence-electron chi connectivity index (χ4n) is 2.42. The van der Waals surface area contributed by atoms with Crippen LogP contribution in [-0.2, 0) is 6.42 Å². The Morgan fingerprint density at radius 1 is 1.10 bits per heavy atom. The summed E-state index contributed by atoms with van der Waals surface area (Å²) in [5.74, 6) is -0.179. The molecule has 0 amide bonds. The molecular formula is C18H22FNS. The molecule has 2 rings (SSSR count). The minimum Gasteiger partial charge on any atom is -0.310 e. The Bertz CT molecular complexity index is 553. The first-order chi connectivity index (χ1) is 10.2. The van der Waals surface area contributed by atoms with E-state index in [0.29, 0.717) is 0 Å². The normalized spacial score (nSPS) is 12.3. The van der Waals surface area contributed by atoms with Gasteiger partial charge < -0.3 is 5.32 Å². The number of hydrogen-bond donors (Lipinski definition) is 1. The number of thioether (sulfide) groups is 1. The highest BCUT2D eigenvalue weighted by Gasteiger charge is 2.14. The molecule has 2 aromatic rings. The molecule has 112 valence electrons. The van der Waals surface area contributed by atoms with E-state index >= 15 is 0 Å². The molecule has 1 atom stereocenters. The molecule has 0 radical (unpaired) electrons. The molecule has 0 bridgehead atoms. The van der Waals surface area contributed by atoms with Gasteiger partial charge in [-0.1, -0.05) is 37.3 Å². The second kappa shape index (κ2) is 8.20. The molecule has 0 aliphatic carbocycles. The lowest BCUT2D eigenvalue weighted by molar-refractivity contribution is 0.522. The third-order valence-electron chi connectivity index (χ3n) is 3.51. The van der Waals surface area contributed by atoms with E-state index in [1.165, 1.54) is 22.6 Å². The Labute approximate surface area is 131 Å². The van der Waals surface area contributed by atoms with E-state index in [4.69, 9.17) is 0 Å². The van der Waals surface area contributed by atoms with Crippen molar-refractivity contribution in [2.75, 3.05) is 12.8 Å². The standard InChI is InChI=1S/C18H22FNS/c1-3-12-20-17(13-14-8-10-15(19)11-9-14)16-6-4-5-7-18(16)21-2/h4-11,17,20H,3,12-13H2,1-2H3. The lowest BCUT2D eigenvalue weighted by atomic mass is 9.98. The molecule has 0 saturated heterocycles. The van der Waals surface area contributed by atoms with Gasteiger partial charge in [-0.05, 0) is 55.0 Å². The predicted molar refractivity (Wildman–Crippen MR) is 89.4 cm³/mol. The molecule has 0 heterocycles. The van der Waals surface area contributed by atoms with Crippen molar-refractivity contribution in [1.82, 2.24) is 5.32 Å². The van der Waals surface area contributed by atoms with Crippen LogP contribution in [0.15, 0.2) is 53.4 Å². The fourth-order valence-corrected chi connectivity index (χ4v) is 3.08. The van der Waals surface area contributed by atoms with Gasteiger partial charge in [-0.2, -0.15) is 0 Å². The Morgan fingerprint density at radius 2 is 1.81 bits per heavy atom. The molecule has 0 spiro atoms. The van der Waals surface area contributed by atoms with Crippen molar-refractivity contribution in [1.29, 1.82) is 0 Å². The van der Waals surface area contributed by atoms with Crippen LogP contribution in [0.25, 0.3) is 0 Å². The summed E-state index contributed by atoms with van der Waals surface area (Å²) in [5.41, 5.74) is 2.48. The molecule has 2 aromatic carbocycles. The van der Waals surface area contributed by atoms with Crippen LogP contribution in [0, 0.1) is 5.82 Å². The van der Waals surface area contributed by atoms with Gasteiger partial charge in [0.25, 0.3) is 0 Å². The van der Waals surface area contributed by atoms with Gasteiger partial charge in [0.2, 0.25) is 0 Å². The van der Waals surface area contributed by atoms with Crippen LogP contribution in [0.4, 0.5) is 4.39 Å². The molecule has 0 aliphatic rings. The second-order valence-corrected chi connectivity index (χ2v) is 5.93. The maximum Gasteiger partial charge on any atom is 0.123 e. The topological polar surface area (TPSA) is 12.0 Å². The zero-order valence-corrected chi connectivity index (χ0v) is 13.4. The highest BCUT2D eigenvalue weighted by molar-refractivity contribution is 7.98. The van der Waals surface area contributed by atoms with Gasteiger partial charge in [-0.3, -0.25) is 0 Å². The Hall–Kier alpha value is -1.32. The lowest BCUT2D eigenvalue weighted by Crippen LogP contribution is -2.24. The van der Waals surface area contributed by atoms with E-state index in [0.717, 1.165) is 24.9 Å². The maximum absolute atomic E-state index is 13.0. The number of halogens is 1. The van der Waals surface area contributed by atoms with Crippen LogP contribution in [0.2, 0.25) is 0 Å². The fraction of sp³-hybridized carbons (Fsp3) is 0.333. The Balaban J connectivity index is 2.23. The van der Waals surface area contributed by atoms with Crippen molar-refractivity contribution in [3.8, 4) is 0 Å². The highest BCUT2D eigenvalue weighted by atomic mass is 32.2. The van der Waals surface area contributed by atoms with E-state index in [1.54, 1.807) is 11.8 Å². The van der Waals surface area contributed by atoms with Crippen LogP contribution in [0.5, 0.6) is 0 Å². The summed E-state index contributed by atoms with van der Waals surface area (Å²) in [6.07, 6.45) is 4.08. The third-order valence-corrected chi connectivity index (χ3v) is 4.32. The smallest absolute Gasteiger partial charge is 0.123 e. The zero-order chi connectivity index (χ0) is 15.1. The first-order valence-electron chi connectivity index (χ1n) is 7.35. The van der Waals surface area contributed by atoms with Gasteiger partial charge in [0.1, 0.15) is 5.82 Å². The summed E-state index contributed by atoms with van der Waals surface area (Å²) in [7, 11) is 0. The van der Waals surface area contributed by atoms with Crippen LogP contribution in [0.3, 0.4) is 0 Å². The molecule has 1 unspecified atom stereocenters. The molecule has 21 heavy (non-hydrogen) atoms. The van der Waals surface area contributed by atoms with Crippen LogP contribution >= 0.6 is 11.8 Å². The molecular weight excluding hydrogens is 281 g/mol. The van der Waals surface area contributed by atoms with E-state index in [-0.39, 0.29) is 11.9 Å². The SMILES string of the molecule is CCCNC(Cc1ccc(F)cc1)c1ccccc1SC. The maximum atomic E-state index is 13.0. The highest BCUT2D eigenvalue weighted by Crippen LogP contribution is 2.28. The first kappa shape index (κ1) is 16.1. The number of nitrogens with one attached hydrogen (secondary N) is 1. The molecule has 0 aromatic heterocycles. The summed E-state index contributed by atoms with van der Waals surface area (Å²) >= 11 is 1.77. The quantitative estimate of drug-likeness (QED) is 0.735. The van der Waals surface area contributed by atoms with Crippen molar-refractivity contribution in [2.24, 2.45) is 0 Å². The summed E-state index contributed by atoms with van der Waals surface area (Å²) in [6, 6.07) is 15.6. The van der Waals surface area contributed by atoms with Crippen LogP contribution < -0.4 is 5.32 Å². The van der Waals surface area contributed by atoms with Gasteiger partial charge in [0, 0.05) is 10.9 Å². The largest absolute Gasteiger partial charge is 0.310 e. The minimum absolute atomic E-state index is 0.179. The number of benzene rings is 2. The van der Waals surface area contributed by atoms with Crippen molar-refractivity contribution in [2.45, 2.75) is 30.7 Å². The second-order valence-electron chi connectivity index (χ2n) is 5.08. The summed E-state index contributed by atoms with van der Waals surface area (Å²) in [6.45, 7) is 3.15. The van der Waals surface area contributed by atoms with Crippen molar-refractivity contribution in [3.05, 3.63) is 65.5 Å². The van der Waals surface area contributed by atoms with E-state index in [2.05, 4.69) is 42.8 Å². The molecule has 0 saturated carbocycles. The number of hydrogen-bond acceptors (Lipinski definition) is 2. The Morgan fingerprint density at radius 3 is 2.48 bits per heavy atom. The van der Waals surface area contributed by atoms with Gasteiger partial charge in [-0.25, -0.2) is 4.39 Å². The van der Waals surface area contributed by atoms with Crippen molar-refractivity contribution in [3.63, 3.8) is 0 Å². The molecule has 1 N–H and O–H groups in total. The third kappa shape index (κ3) is 4.58. The minimum atomic E-state index is -0.179. The summed E-state index contributed by atoms with van der Waals surface area (Å²) in [4.78, 5) is 1.30. The zero-order valence-electron chi connectivity index (χ0n) is 12.6. The molecule has 0 aliphatic heterocycles. The van der Waals surface area contributed by atoms with E-state index < -0.39 is 0 Å². The van der Waals surface area contributed by atoms with Gasteiger partial charge in [0.15, 0.2) is 0 Å². The summed E-state index contributed by atoms with van der Waals surface area (Å²) < 4.78 is 13.0. The Kier molecular flexibility index (Phi) is 6.27. The molecule has 3 heteroatoms. The van der Waals surface area contributed by atoms with Crippen molar-refractivity contribution >= 4 is 11.8 Å². The first-order valence-corrected chi connectivity index (χ1v) is 8.57. The van der Waals surface area contributed by atoms with E-state index in [9.17, 15) is 4.39 Å². The molecule has 0 fully saturated rings. The van der Waals surface area contributed by atoms with Gasteiger partial charge in [-0.15, -0.1) is 11.8 Å². The van der Waals surface area contributed by atoms with Crippen LogP contribution in [0.1, 0.15) is 30.5 Å². The number of rotatable bonds is 7. The van der Waals surface area contributed by atoms with Crippen LogP contribution in [-0.4, -0.2) is 12.8 Å². The molecule has 1 nitrogen and oxygen atoms in total. The lowest BCUT2D eigenvalue weighted by Gasteiger charge is -2.21. The predicted octanol–water partition coefficient (Wildman–Crippen LogP) is 4.83. The summed E-state index contributed by atoms with van der Waals surface area (Å²) in [5, 5.41) is 3.62. The van der Waals surface area contributed by atoms with Gasteiger partial charge in [0.05, 0.1) is 0 Å². The average molecular weight is 303 g/mol. The monoisotopic (exact) mass is 303 g/mol. The average Bonchev–Trinajstić information content (AvgIpc) is 2.53. The van der Waals surface area contributed by atoms with Crippen molar-refractivity contribution < 1.29 is 4.39 Å². The van der Waals surface area contributed by atoms with E-state index in [1.807, 2.05) is 12.1 Å².